The Balaban J connectivity index is 1.97. The van der Waals surface area contributed by atoms with Crippen LogP contribution in [0.25, 0.3) is 10.3 Å². The average Bonchev–Trinajstić information content (AvgIpc) is 3.15. The molecule has 20 heavy (non-hydrogen) atoms. The van der Waals surface area contributed by atoms with Crippen LogP contribution < -0.4 is 0 Å². The molecule has 0 saturated carbocycles. The predicted molar refractivity (Wildman–Crippen MR) is 80.6 cm³/mol. The lowest BCUT2D eigenvalue weighted by Gasteiger charge is -2.12. The zero-order valence-corrected chi connectivity index (χ0v) is 13.5. The number of esters is 1. The Bertz CT molecular complexity index is 631. The molecule has 7 heteroatoms. The first-order valence-corrected chi connectivity index (χ1v) is 8.41. The molecule has 0 aliphatic carbocycles. The Kier molecular flexibility index (Phi) is 4.09. The van der Waals surface area contributed by atoms with E-state index in [4.69, 9.17) is 9.47 Å². The van der Waals surface area contributed by atoms with Gasteiger partial charge < -0.3 is 14.0 Å². The summed E-state index contributed by atoms with van der Waals surface area (Å²) in [6.45, 7) is 1.62. The second kappa shape index (κ2) is 5.83. The molecule has 0 radical (unpaired) electrons. The van der Waals surface area contributed by atoms with Crippen molar-refractivity contribution in [1.82, 2.24) is 9.55 Å². The van der Waals surface area contributed by atoms with Gasteiger partial charge in [0, 0.05) is 6.61 Å². The summed E-state index contributed by atoms with van der Waals surface area (Å²) < 4.78 is 12.6. The number of nitrogens with zero attached hydrogens (tertiary/aromatic N) is 2. The number of rotatable bonds is 4. The number of alkyl halides is 1. The molecule has 5 nitrogen and oxygen atoms in total. The average molecular weight is 359 g/mol. The van der Waals surface area contributed by atoms with Gasteiger partial charge in [0.05, 0.1) is 30.6 Å². The molecule has 3 rings (SSSR count). The number of fused-ring (bicyclic) bond motifs is 1. The van der Waals surface area contributed by atoms with Gasteiger partial charge in [-0.25, -0.2) is 9.78 Å². The minimum Gasteiger partial charge on any atom is -0.465 e. The molecule has 2 aromatic rings. The Morgan fingerprint density at radius 3 is 3.20 bits per heavy atom. The Morgan fingerprint density at radius 2 is 2.55 bits per heavy atom. The van der Waals surface area contributed by atoms with Crippen molar-refractivity contribution in [2.75, 3.05) is 13.7 Å². The van der Waals surface area contributed by atoms with Crippen LogP contribution in [0.5, 0.6) is 0 Å². The fourth-order valence-electron chi connectivity index (χ4n) is 2.46. The van der Waals surface area contributed by atoms with Crippen LogP contribution in [0.15, 0.2) is 6.07 Å². The van der Waals surface area contributed by atoms with Gasteiger partial charge in [0.1, 0.15) is 15.5 Å². The monoisotopic (exact) mass is 358 g/mol. The van der Waals surface area contributed by atoms with E-state index in [0.717, 1.165) is 42.2 Å². The molecule has 1 saturated heterocycles. The molecule has 1 aliphatic heterocycles. The van der Waals surface area contributed by atoms with Gasteiger partial charge in [-0.05, 0) is 18.9 Å². The molecule has 0 bridgehead atoms. The van der Waals surface area contributed by atoms with Gasteiger partial charge in [0.2, 0.25) is 0 Å². The van der Waals surface area contributed by atoms with E-state index >= 15 is 0 Å². The van der Waals surface area contributed by atoms with Gasteiger partial charge in [-0.3, -0.25) is 0 Å². The molecule has 1 fully saturated rings. The predicted octanol–water partition coefficient (Wildman–Crippen LogP) is 2.96. The number of hydrogen-bond acceptors (Lipinski definition) is 5. The zero-order valence-electron chi connectivity index (χ0n) is 11.1. The van der Waals surface area contributed by atoms with E-state index in [0.29, 0.717) is 10.2 Å². The molecular formula is C13H15BrN2O3S. The van der Waals surface area contributed by atoms with Crippen molar-refractivity contribution in [2.45, 2.75) is 30.8 Å². The summed E-state index contributed by atoms with van der Waals surface area (Å²) in [6.07, 6.45) is 2.44. The van der Waals surface area contributed by atoms with Crippen molar-refractivity contribution < 1.29 is 14.3 Å². The molecule has 0 spiro atoms. The molecule has 2 aromatic heterocycles. The van der Waals surface area contributed by atoms with Crippen molar-refractivity contribution in [1.29, 1.82) is 0 Å². The number of hydrogen-bond donors (Lipinski definition) is 0. The first kappa shape index (κ1) is 14.0. The molecule has 1 atom stereocenters. The van der Waals surface area contributed by atoms with Gasteiger partial charge in [0.25, 0.3) is 0 Å². The van der Waals surface area contributed by atoms with E-state index in [2.05, 4.69) is 25.5 Å². The van der Waals surface area contributed by atoms with E-state index in [1.807, 2.05) is 6.07 Å². The Hall–Kier alpha value is -0.920. The van der Waals surface area contributed by atoms with Crippen LogP contribution in [0, 0.1) is 0 Å². The van der Waals surface area contributed by atoms with Gasteiger partial charge in [0.15, 0.2) is 0 Å². The SMILES string of the molecule is COC(=O)c1cc2c(nc(CBr)n2CC2CCCO2)s1. The summed E-state index contributed by atoms with van der Waals surface area (Å²) in [5, 5.41) is 0.689. The number of ether oxygens (including phenoxy) is 2. The molecule has 3 heterocycles. The number of carbonyl (C=O) groups is 1. The van der Waals surface area contributed by atoms with E-state index in [1.54, 1.807) is 0 Å². The van der Waals surface area contributed by atoms with E-state index < -0.39 is 0 Å². The van der Waals surface area contributed by atoms with Crippen LogP contribution in [-0.4, -0.2) is 35.3 Å². The number of aromatic nitrogens is 2. The molecular weight excluding hydrogens is 344 g/mol. The van der Waals surface area contributed by atoms with Gasteiger partial charge in [-0.15, -0.1) is 11.3 Å². The van der Waals surface area contributed by atoms with Gasteiger partial charge >= 0.3 is 5.97 Å². The van der Waals surface area contributed by atoms with Crippen molar-refractivity contribution in [3.05, 3.63) is 16.8 Å². The Labute approximate surface area is 129 Å². The summed E-state index contributed by atoms with van der Waals surface area (Å²) in [4.78, 5) is 17.7. The third-order valence-electron chi connectivity index (χ3n) is 3.44. The maximum atomic E-state index is 11.6. The van der Waals surface area contributed by atoms with Crippen molar-refractivity contribution >= 4 is 43.6 Å². The zero-order chi connectivity index (χ0) is 14.1. The molecule has 0 N–H and O–H groups in total. The highest BCUT2D eigenvalue weighted by Crippen LogP contribution is 2.29. The van der Waals surface area contributed by atoms with Crippen LogP contribution in [0.1, 0.15) is 28.3 Å². The number of halogens is 1. The topological polar surface area (TPSA) is 53.3 Å². The summed E-state index contributed by atoms with van der Waals surface area (Å²) in [5.41, 5.74) is 0.986. The van der Waals surface area contributed by atoms with Crippen molar-refractivity contribution in [3.8, 4) is 0 Å². The first-order valence-electron chi connectivity index (χ1n) is 6.47. The van der Waals surface area contributed by atoms with Crippen molar-refractivity contribution in [2.24, 2.45) is 0 Å². The van der Waals surface area contributed by atoms with Gasteiger partial charge in [-0.2, -0.15) is 0 Å². The molecule has 0 aromatic carbocycles. The standard InChI is InChI=1S/C13H15BrN2O3S/c1-18-13(17)10-5-9-12(20-10)15-11(6-14)16(9)7-8-3-2-4-19-8/h5,8H,2-4,6-7H2,1H3. The minimum absolute atomic E-state index is 0.242. The van der Waals surface area contributed by atoms with Crippen LogP contribution >= 0.6 is 27.3 Å². The normalized spacial score (nSPS) is 18.8. The second-order valence-corrected chi connectivity index (χ2v) is 6.29. The highest BCUT2D eigenvalue weighted by Gasteiger charge is 2.22. The summed E-state index contributed by atoms with van der Waals surface area (Å²) in [7, 11) is 1.39. The lowest BCUT2D eigenvalue weighted by molar-refractivity contribution is 0.0606. The fraction of sp³-hybridized carbons (Fsp3) is 0.538. The number of methoxy groups -OCH3 is 1. The third-order valence-corrected chi connectivity index (χ3v) is 4.94. The third kappa shape index (κ3) is 2.49. The smallest absolute Gasteiger partial charge is 0.348 e. The highest BCUT2D eigenvalue weighted by molar-refractivity contribution is 9.08. The molecule has 108 valence electrons. The van der Waals surface area contributed by atoms with E-state index in [9.17, 15) is 4.79 Å². The first-order chi connectivity index (χ1) is 9.72. The highest BCUT2D eigenvalue weighted by atomic mass is 79.9. The molecule has 1 aliphatic rings. The second-order valence-electron chi connectivity index (χ2n) is 4.70. The van der Waals surface area contributed by atoms with E-state index in [-0.39, 0.29) is 12.1 Å². The Morgan fingerprint density at radius 1 is 1.70 bits per heavy atom. The number of imidazole rings is 1. The number of carbonyl (C=O) groups excluding carboxylic acids is 1. The molecule has 1 unspecified atom stereocenters. The van der Waals surface area contributed by atoms with Crippen LogP contribution in [0.4, 0.5) is 0 Å². The maximum Gasteiger partial charge on any atom is 0.348 e. The van der Waals surface area contributed by atoms with Crippen LogP contribution in [0.2, 0.25) is 0 Å². The lowest BCUT2D eigenvalue weighted by Crippen LogP contribution is -2.16. The minimum atomic E-state index is -0.308. The van der Waals surface area contributed by atoms with Crippen molar-refractivity contribution in [3.63, 3.8) is 0 Å². The van der Waals surface area contributed by atoms with Crippen LogP contribution in [-0.2, 0) is 21.3 Å². The maximum absolute atomic E-state index is 11.6. The fourth-order valence-corrected chi connectivity index (χ4v) is 3.86. The molecule has 0 amide bonds. The van der Waals surface area contributed by atoms with E-state index in [1.165, 1.54) is 18.4 Å². The van der Waals surface area contributed by atoms with Crippen LogP contribution in [0.3, 0.4) is 0 Å². The quantitative estimate of drug-likeness (QED) is 0.622. The van der Waals surface area contributed by atoms with Gasteiger partial charge in [-0.1, -0.05) is 15.9 Å². The summed E-state index contributed by atoms with van der Waals surface area (Å²) in [6, 6.07) is 1.86. The number of thiophene rings is 1. The lowest BCUT2D eigenvalue weighted by atomic mass is 10.2. The summed E-state index contributed by atoms with van der Waals surface area (Å²) in [5.74, 6) is 0.662. The summed E-state index contributed by atoms with van der Waals surface area (Å²) >= 11 is 4.84. The largest absolute Gasteiger partial charge is 0.465 e.